The van der Waals surface area contributed by atoms with Gasteiger partial charge >= 0.3 is 5.97 Å². The van der Waals surface area contributed by atoms with Gasteiger partial charge in [-0.3, -0.25) is 0 Å². The first kappa shape index (κ1) is 18.1. The Morgan fingerprint density at radius 1 is 1.04 bits per heavy atom. The van der Waals surface area contributed by atoms with Gasteiger partial charge in [0.25, 0.3) is 0 Å². The van der Waals surface area contributed by atoms with Crippen molar-refractivity contribution in [3.05, 3.63) is 77.0 Å². The summed E-state index contributed by atoms with van der Waals surface area (Å²) in [5.41, 5.74) is 3.05. The molecule has 0 saturated carbocycles. The van der Waals surface area contributed by atoms with Crippen molar-refractivity contribution in [3.63, 3.8) is 0 Å². The van der Waals surface area contributed by atoms with Gasteiger partial charge in [0.1, 0.15) is 5.70 Å². The van der Waals surface area contributed by atoms with Gasteiger partial charge in [-0.05, 0) is 36.3 Å². The molecule has 1 heterocycles. The number of carbonyl (C=O) groups is 1. The molecule has 3 rings (SSSR count). The summed E-state index contributed by atoms with van der Waals surface area (Å²) in [4.78, 5) is 12.6. The van der Waals surface area contributed by atoms with Crippen molar-refractivity contribution in [1.82, 2.24) is 0 Å². The van der Waals surface area contributed by atoms with Crippen molar-refractivity contribution in [3.8, 4) is 0 Å². The van der Waals surface area contributed by atoms with Crippen molar-refractivity contribution >= 4 is 12.0 Å². The first-order valence-electron chi connectivity index (χ1n) is 8.83. The predicted molar refractivity (Wildman–Crippen MR) is 103 cm³/mol. The number of hydrogen-bond acceptors (Lipinski definition) is 4. The SMILES string of the molecule is CC1N=NC(C(OC(=O)c2ccccc2)C(C)(C)C)=Cc2ccccc21. The number of ether oxygens (including phenoxy) is 1. The third kappa shape index (κ3) is 3.90. The number of esters is 1. The molecule has 0 radical (unpaired) electrons. The van der Waals surface area contributed by atoms with Gasteiger partial charge in [-0.25, -0.2) is 4.79 Å². The van der Waals surface area contributed by atoms with Crippen LogP contribution in [-0.4, -0.2) is 12.1 Å². The molecular formula is C22H24N2O2. The van der Waals surface area contributed by atoms with Crippen LogP contribution in [0.2, 0.25) is 0 Å². The van der Waals surface area contributed by atoms with E-state index < -0.39 is 6.10 Å². The molecule has 4 nitrogen and oxygen atoms in total. The molecule has 0 spiro atoms. The van der Waals surface area contributed by atoms with E-state index in [1.807, 2.05) is 70.2 Å². The lowest BCUT2D eigenvalue weighted by Gasteiger charge is -2.30. The van der Waals surface area contributed by atoms with E-state index in [2.05, 4.69) is 16.3 Å². The van der Waals surface area contributed by atoms with Crippen LogP contribution in [0.3, 0.4) is 0 Å². The van der Waals surface area contributed by atoms with E-state index in [0.29, 0.717) is 11.3 Å². The molecule has 0 N–H and O–H groups in total. The van der Waals surface area contributed by atoms with E-state index >= 15 is 0 Å². The Kier molecular flexibility index (Phi) is 5.03. The zero-order valence-corrected chi connectivity index (χ0v) is 15.6. The van der Waals surface area contributed by atoms with Crippen LogP contribution in [-0.2, 0) is 4.74 Å². The number of benzene rings is 2. The van der Waals surface area contributed by atoms with Crippen LogP contribution in [0.1, 0.15) is 55.2 Å². The molecule has 2 atom stereocenters. The highest BCUT2D eigenvalue weighted by atomic mass is 16.5. The molecule has 0 bridgehead atoms. The molecule has 4 heteroatoms. The third-order valence-corrected chi connectivity index (χ3v) is 4.39. The summed E-state index contributed by atoms with van der Waals surface area (Å²) < 4.78 is 5.89. The number of carbonyl (C=O) groups excluding carboxylic acids is 1. The van der Waals surface area contributed by atoms with E-state index in [1.54, 1.807) is 12.1 Å². The van der Waals surface area contributed by atoms with Gasteiger partial charge in [0, 0.05) is 5.41 Å². The fraction of sp³-hybridized carbons (Fsp3) is 0.318. The average Bonchev–Trinajstić information content (AvgIpc) is 2.78. The molecular weight excluding hydrogens is 324 g/mol. The minimum atomic E-state index is -0.502. The van der Waals surface area contributed by atoms with Crippen molar-refractivity contribution in [2.45, 2.75) is 39.8 Å². The number of hydrogen-bond donors (Lipinski definition) is 0. The minimum absolute atomic E-state index is 0.0367. The first-order chi connectivity index (χ1) is 12.4. The maximum absolute atomic E-state index is 12.6. The minimum Gasteiger partial charge on any atom is -0.452 e. The topological polar surface area (TPSA) is 51.0 Å². The average molecular weight is 348 g/mol. The molecule has 0 aliphatic carbocycles. The highest BCUT2D eigenvalue weighted by Gasteiger charge is 2.33. The Morgan fingerprint density at radius 3 is 2.38 bits per heavy atom. The van der Waals surface area contributed by atoms with Crippen molar-refractivity contribution < 1.29 is 9.53 Å². The Morgan fingerprint density at radius 2 is 1.69 bits per heavy atom. The summed E-state index contributed by atoms with van der Waals surface area (Å²) in [5.74, 6) is -0.354. The lowest BCUT2D eigenvalue weighted by Crippen LogP contribution is -2.33. The van der Waals surface area contributed by atoms with Crippen LogP contribution in [0, 0.1) is 5.41 Å². The molecule has 2 unspecified atom stereocenters. The predicted octanol–water partition coefficient (Wildman–Crippen LogP) is 5.83. The molecule has 0 saturated heterocycles. The third-order valence-electron chi connectivity index (χ3n) is 4.39. The van der Waals surface area contributed by atoms with E-state index in [1.165, 1.54) is 0 Å². The number of rotatable bonds is 3. The Hall–Kier alpha value is -2.75. The maximum atomic E-state index is 12.6. The summed E-state index contributed by atoms with van der Waals surface area (Å²) in [6.45, 7) is 8.12. The molecule has 1 aliphatic rings. The van der Waals surface area contributed by atoms with Gasteiger partial charge < -0.3 is 4.74 Å². The molecule has 2 aromatic rings. The molecule has 1 aliphatic heterocycles. The summed E-state index contributed by atoms with van der Waals surface area (Å²) in [5, 5.41) is 8.87. The van der Waals surface area contributed by atoms with Crippen LogP contribution in [0.25, 0.3) is 6.08 Å². The van der Waals surface area contributed by atoms with Crippen LogP contribution in [0.4, 0.5) is 0 Å². The summed E-state index contributed by atoms with van der Waals surface area (Å²) in [7, 11) is 0. The highest BCUT2D eigenvalue weighted by Crippen LogP contribution is 2.35. The summed E-state index contributed by atoms with van der Waals surface area (Å²) in [6.07, 6.45) is 1.48. The van der Waals surface area contributed by atoms with Crippen LogP contribution in [0.5, 0.6) is 0 Å². The second-order valence-corrected chi connectivity index (χ2v) is 7.61. The van der Waals surface area contributed by atoms with E-state index in [9.17, 15) is 4.79 Å². The number of fused-ring (bicyclic) bond motifs is 1. The fourth-order valence-corrected chi connectivity index (χ4v) is 2.98. The normalized spacial score (nSPS) is 17.7. The standard InChI is InChI=1S/C22H24N2O2/c1-15-18-13-9-8-12-17(18)14-19(24-23-15)20(22(2,3)4)26-21(25)16-10-6-5-7-11-16/h5-15,20H,1-4H3. The number of azo groups is 1. The van der Waals surface area contributed by atoms with Crippen molar-refractivity contribution in [2.75, 3.05) is 0 Å². The molecule has 0 amide bonds. The van der Waals surface area contributed by atoms with Crippen molar-refractivity contribution in [1.29, 1.82) is 0 Å². The monoisotopic (exact) mass is 348 g/mol. The van der Waals surface area contributed by atoms with Gasteiger partial charge in [0.05, 0.1) is 11.6 Å². The molecule has 0 fully saturated rings. The molecule has 134 valence electrons. The van der Waals surface area contributed by atoms with Gasteiger partial charge in [0.15, 0.2) is 6.10 Å². The van der Waals surface area contributed by atoms with Crippen LogP contribution in [0.15, 0.2) is 70.5 Å². The second kappa shape index (κ2) is 7.24. The Labute approximate surface area is 154 Å². The van der Waals surface area contributed by atoms with Gasteiger partial charge in [-0.1, -0.05) is 63.2 Å². The zero-order chi connectivity index (χ0) is 18.7. The smallest absolute Gasteiger partial charge is 0.338 e. The van der Waals surface area contributed by atoms with E-state index in [-0.39, 0.29) is 17.4 Å². The lowest BCUT2D eigenvalue weighted by atomic mass is 9.86. The van der Waals surface area contributed by atoms with Gasteiger partial charge in [-0.15, -0.1) is 0 Å². The van der Waals surface area contributed by atoms with Gasteiger partial charge in [-0.2, -0.15) is 10.2 Å². The lowest BCUT2D eigenvalue weighted by molar-refractivity contribution is 0.0107. The largest absolute Gasteiger partial charge is 0.452 e. The Bertz CT molecular complexity index is 848. The first-order valence-corrected chi connectivity index (χ1v) is 8.83. The molecule has 0 aromatic heterocycles. The Balaban J connectivity index is 1.97. The van der Waals surface area contributed by atoms with Crippen molar-refractivity contribution in [2.24, 2.45) is 15.6 Å². The summed E-state index contributed by atoms with van der Waals surface area (Å²) >= 11 is 0. The quantitative estimate of drug-likeness (QED) is 0.656. The molecule has 26 heavy (non-hydrogen) atoms. The van der Waals surface area contributed by atoms with Crippen LogP contribution < -0.4 is 0 Å². The molecule has 2 aromatic carbocycles. The van der Waals surface area contributed by atoms with Gasteiger partial charge in [0.2, 0.25) is 0 Å². The fourth-order valence-electron chi connectivity index (χ4n) is 2.98. The summed E-state index contributed by atoms with van der Waals surface area (Å²) in [6, 6.07) is 17.1. The van der Waals surface area contributed by atoms with E-state index in [0.717, 1.165) is 11.1 Å². The van der Waals surface area contributed by atoms with E-state index in [4.69, 9.17) is 4.74 Å². The highest BCUT2D eigenvalue weighted by molar-refractivity contribution is 5.89. The number of nitrogens with zero attached hydrogens (tertiary/aromatic N) is 2. The van der Waals surface area contributed by atoms with Crippen LogP contribution >= 0.6 is 0 Å². The maximum Gasteiger partial charge on any atom is 0.338 e. The second-order valence-electron chi connectivity index (χ2n) is 7.61. The zero-order valence-electron chi connectivity index (χ0n) is 15.6.